The van der Waals surface area contributed by atoms with Crippen LogP contribution in [0, 0.1) is 18.6 Å². The van der Waals surface area contributed by atoms with Crippen molar-refractivity contribution >= 4 is 21.6 Å². The summed E-state index contributed by atoms with van der Waals surface area (Å²) in [6.45, 7) is 3.04. The number of carbonyl (C=O) groups is 1. The number of halogens is 2. The van der Waals surface area contributed by atoms with Crippen LogP contribution in [0.5, 0.6) is 0 Å². The molecule has 0 heterocycles. The molecule has 1 amide bonds. The number of amides is 1. The molecule has 162 valence electrons. The van der Waals surface area contributed by atoms with Crippen molar-refractivity contribution in [2.75, 3.05) is 10.8 Å². The highest BCUT2D eigenvalue weighted by Crippen LogP contribution is 2.24. The second-order valence-electron chi connectivity index (χ2n) is 7.14. The minimum absolute atomic E-state index is 0.0156. The van der Waals surface area contributed by atoms with E-state index in [0.29, 0.717) is 5.56 Å². The maximum atomic E-state index is 13.4. The third-order valence-electron chi connectivity index (χ3n) is 4.76. The van der Waals surface area contributed by atoms with Gasteiger partial charge in [-0.15, -0.1) is 0 Å². The van der Waals surface area contributed by atoms with Gasteiger partial charge >= 0.3 is 0 Å². The van der Waals surface area contributed by atoms with Gasteiger partial charge in [0.25, 0.3) is 10.0 Å². The summed E-state index contributed by atoms with van der Waals surface area (Å²) in [6, 6.07) is 16.3. The van der Waals surface area contributed by atoms with Gasteiger partial charge in [-0.3, -0.25) is 9.10 Å². The smallest absolute Gasteiger partial charge is 0.264 e. The molecule has 0 saturated carbocycles. The van der Waals surface area contributed by atoms with Gasteiger partial charge in [0, 0.05) is 0 Å². The van der Waals surface area contributed by atoms with Gasteiger partial charge in [0.05, 0.1) is 16.6 Å². The van der Waals surface area contributed by atoms with Crippen molar-refractivity contribution in [3.05, 3.63) is 95.6 Å². The van der Waals surface area contributed by atoms with E-state index in [1.807, 2.05) is 6.92 Å². The van der Waals surface area contributed by atoms with E-state index in [4.69, 9.17) is 0 Å². The molecule has 0 radical (unpaired) electrons. The summed E-state index contributed by atoms with van der Waals surface area (Å²) in [7, 11) is -4.08. The van der Waals surface area contributed by atoms with Crippen LogP contribution in [0.1, 0.15) is 24.1 Å². The van der Waals surface area contributed by atoms with Gasteiger partial charge in [0.1, 0.15) is 18.2 Å². The van der Waals surface area contributed by atoms with Crippen molar-refractivity contribution in [3.63, 3.8) is 0 Å². The van der Waals surface area contributed by atoms with E-state index >= 15 is 0 Å². The van der Waals surface area contributed by atoms with Crippen molar-refractivity contribution in [2.24, 2.45) is 0 Å². The van der Waals surface area contributed by atoms with Crippen LogP contribution < -0.4 is 9.62 Å². The van der Waals surface area contributed by atoms with Gasteiger partial charge in [0.2, 0.25) is 5.91 Å². The Balaban J connectivity index is 1.87. The highest BCUT2D eigenvalue weighted by Gasteiger charge is 2.27. The monoisotopic (exact) mass is 444 g/mol. The lowest BCUT2D eigenvalue weighted by Gasteiger charge is -2.25. The number of hydrogen-bond donors (Lipinski definition) is 1. The molecule has 1 N–H and O–H groups in total. The van der Waals surface area contributed by atoms with Crippen LogP contribution in [0.25, 0.3) is 0 Å². The molecule has 3 rings (SSSR count). The Labute approximate surface area is 180 Å². The molecule has 0 aliphatic rings. The fourth-order valence-corrected chi connectivity index (χ4v) is 4.43. The number of hydrogen-bond acceptors (Lipinski definition) is 3. The van der Waals surface area contributed by atoms with Crippen LogP contribution in [0.3, 0.4) is 0 Å². The number of rotatable bonds is 7. The minimum Gasteiger partial charge on any atom is -0.348 e. The van der Waals surface area contributed by atoms with E-state index < -0.39 is 40.2 Å². The van der Waals surface area contributed by atoms with Crippen LogP contribution in [0.2, 0.25) is 0 Å². The molecule has 0 spiro atoms. The van der Waals surface area contributed by atoms with Gasteiger partial charge in [-0.2, -0.15) is 0 Å². The van der Waals surface area contributed by atoms with Gasteiger partial charge < -0.3 is 5.32 Å². The minimum atomic E-state index is -4.08. The largest absolute Gasteiger partial charge is 0.348 e. The number of nitrogens with one attached hydrogen (secondary N) is 1. The zero-order valence-corrected chi connectivity index (χ0v) is 17.9. The zero-order chi connectivity index (χ0) is 22.6. The number of aryl methyl sites for hydroxylation is 1. The van der Waals surface area contributed by atoms with Crippen LogP contribution >= 0.6 is 0 Å². The first-order valence-electron chi connectivity index (χ1n) is 9.56. The molecule has 0 aliphatic heterocycles. The fourth-order valence-electron chi connectivity index (χ4n) is 3.01. The van der Waals surface area contributed by atoms with Crippen molar-refractivity contribution in [1.82, 2.24) is 5.32 Å². The number of benzene rings is 3. The average Bonchev–Trinajstić information content (AvgIpc) is 2.73. The number of sulfonamides is 1. The van der Waals surface area contributed by atoms with Gasteiger partial charge in [-0.25, -0.2) is 17.2 Å². The highest BCUT2D eigenvalue weighted by molar-refractivity contribution is 7.92. The predicted octanol–water partition coefficient (Wildman–Crippen LogP) is 4.35. The second-order valence-corrected chi connectivity index (χ2v) is 9.00. The Hall–Kier alpha value is -3.26. The lowest BCUT2D eigenvalue weighted by molar-refractivity contribution is -0.120. The van der Waals surface area contributed by atoms with E-state index in [-0.39, 0.29) is 10.6 Å². The topological polar surface area (TPSA) is 66.5 Å². The second kappa shape index (κ2) is 9.26. The summed E-state index contributed by atoms with van der Waals surface area (Å²) in [5, 5.41) is 2.72. The third kappa shape index (κ3) is 5.46. The number of carbonyl (C=O) groups excluding carboxylic acids is 1. The van der Waals surface area contributed by atoms with E-state index in [0.717, 1.165) is 22.0 Å². The molecular formula is C23H22F2N2O3S. The molecule has 8 heteroatoms. The highest BCUT2D eigenvalue weighted by atomic mass is 32.2. The zero-order valence-electron chi connectivity index (χ0n) is 17.0. The normalized spacial score (nSPS) is 12.3. The summed E-state index contributed by atoms with van der Waals surface area (Å²) in [5.74, 6) is -1.48. The maximum absolute atomic E-state index is 13.4. The van der Waals surface area contributed by atoms with Crippen LogP contribution in [-0.2, 0) is 14.8 Å². The quantitative estimate of drug-likeness (QED) is 0.589. The Kier molecular flexibility index (Phi) is 6.70. The lowest BCUT2D eigenvalue weighted by Crippen LogP contribution is -2.41. The van der Waals surface area contributed by atoms with Crippen LogP contribution in [-0.4, -0.2) is 20.9 Å². The van der Waals surface area contributed by atoms with E-state index in [1.165, 1.54) is 36.4 Å². The van der Waals surface area contributed by atoms with Crippen molar-refractivity contribution in [3.8, 4) is 0 Å². The molecule has 0 aliphatic carbocycles. The first kappa shape index (κ1) is 22.4. The summed E-state index contributed by atoms with van der Waals surface area (Å²) in [4.78, 5) is 12.7. The van der Waals surface area contributed by atoms with Crippen molar-refractivity contribution in [1.29, 1.82) is 0 Å². The van der Waals surface area contributed by atoms with E-state index in [1.54, 1.807) is 31.2 Å². The summed E-state index contributed by atoms with van der Waals surface area (Å²) >= 11 is 0. The number of nitrogens with zero attached hydrogens (tertiary/aromatic N) is 1. The van der Waals surface area contributed by atoms with Crippen molar-refractivity contribution < 1.29 is 22.0 Å². The predicted molar refractivity (Wildman–Crippen MR) is 115 cm³/mol. The summed E-state index contributed by atoms with van der Waals surface area (Å²) < 4.78 is 54.0. The molecule has 0 unspecified atom stereocenters. The first-order chi connectivity index (χ1) is 14.7. The fraction of sp³-hybridized carbons (Fsp3) is 0.174. The Bertz CT molecular complexity index is 1150. The van der Waals surface area contributed by atoms with E-state index in [9.17, 15) is 22.0 Å². The third-order valence-corrected chi connectivity index (χ3v) is 6.55. The molecular weight excluding hydrogens is 422 g/mol. The SMILES string of the molecule is Cc1ccc(S(=O)(=O)N(CC(=O)N[C@@H](C)c2ccc(F)cc2)c2ccc(F)cc2)cc1. The molecule has 0 fully saturated rings. The van der Waals surface area contributed by atoms with Gasteiger partial charge in [-0.1, -0.05) is 29.8 Å². The molecule has 0 bridgehead atoms. The standard InChI is InChI=1S/C23H22F2N2O3S/c1-16-3-13-22(14-4-16)31(29,30)27(21-11-9-20(25)10-12-21)15-23(28)26-17(2)18-5-7-19(24)8-6-18/h3-14,17H,15H2,1-2H3,(H,26,28)/t17-/m0/s1. The molecule has 0 saturated heterocycles. The van der Waals surface area contributed by atoms with Crippen LogP contribution in [0.4, 0.5) is 14.5 Å². The molecule has 31 heavy (non-hydrogen) atoms. The van der Waals surface area contributed by atoms with Gasteiger partial charge in [-0.05, 0) is 67.9 Å². The lowest BCUT2D eigenvalue weighted by atomic mass is 10.1. The number of anilines is 1. The Morgan fingerprint density at radius 3 is 1.97 bits per heavy atom. The average molecular weight is 445 g/mol. The van der Waals surface area contributed by atoms with E-state index in [2.05, 4.69) is 5.32 Å². The molecule has 1 atom stereocenters. The Morgan fingerprint density at radius 2 is 1.42 bits per heavy atom. The molecule has 0 aromatic heterocycles. The molecule has 3 aromatic carbocycles. The van der Waals surface area contributed by atoms with Crippen molar-refractivity contribution in [2.45, 2.75) is 24.8 Å². The first-order valence-corrected chi connectivity index (χ1v) is 11.0. The molecule has 5 nitrogen and oxygen atoms in total. The molecule has 3 aromatic rings. The summed E-state index contributed by atoms with van der Waals surface area (Å²) in [5.41, 5.74) is 1.72. The summed E-state index contributed by atoms with van der Waals surface area (Å²) in [6.07, 6.45) is 0. The Morgan fingerprint density at radius 1 is 0.903 bits per heavy atom. The maximum Gasteiger partial charge on any atom is 0.264 e. The van der Waals surface area contributed by atoms with Gasteiger partial charge in [0.15, 0.2) is 0 Å². The van der Waals surface area contributed by atoms with Crippen LogP contribution in [0.15, 0.2) is 77.7 Å².